The average molecular weight is 285 g/mol. The van der Waals surface area contributed by atoms with Crippen molar-refractivity contribution in [1.29, 1.82) is 0 Å². The van der Waals surface area contributed by atoms with Crippen molar-refractivity contribution < 1.29 is 9.31 Å². The third-order valence-corrected chi connectivity index (χ3v) is 3.57. The van der Waals surface area contributed by atoms with Crippen LogP contribution in [0.25, 0.3) is 0 Å². The molecule has 1 aliphatic rings. The lowest BCUT2D eigenvalue weighted by Crippen LogP contribution is -2.41. The first kappa shape index (κ1) is 12.0. The van der Waals surface area contributed by atoms with Crippen LogP contribution in [0.4, 0.5) is 0 Å². The fraction of sp³-hybridized carbons (Fsp3) is 0.600. The zero-order valence-electron chi connectivity index (χ0n) is 9.82. The largest absolute Gasteiger partial charge is 0.516 e. The molecule has 2 rings (SSSR count). The zero-order chi connectivity index (χ0) is 12.0. The van der Waals surface area contributed by atoms with Crippen LogP contribution in [0, 0.1) is 0 Å². The molecule has 0 radical (unpaired) electrons. The Kier molecular flexibility index (Phi) is 2.84. The molecule has 0 unspecified atom stereocenters. The second-order valence-corrected chi connectivity index (χ2v) is 5.68. The third-order valence-electron chi connectivity index (χ3n) is 3.15. The highest BCUT2D eigenvalue weighted by Gasteiger charge is 2.52. The Morgan fingerprint density at radius 2 is 1.62 bits per heavy atom. The number of halogens is 1. The molecule has 2 heterocycles. The van der Waals surface area contributed by atoms with E-state index in [-0.39, 0.29) is 11.2 Å². The highest BCUT2D eigenvalue weighted by atomic mass is 79.9. The van der Waals surface area contributed by atoms with Gasteiger partial charge in [0.25, 0.3) is 0 Å². The first-order valence-corrected chi connectivity index (χ1v) is 5.96. The minimum Gasteiger partial charge on any atom is -0.398 e. The fourth-order valence-corrected chi connectivity index (χ4v) is 1.63. The number of hydrogen-bond donors (Lipinski definition) is 0. The van der Waals surface area contributed by atoms with Crippen molar-refractivity contribution in [3.05, 3.63) is 16.7 Å². The predicted molar refractivity (Wildman–Crippen MR) is 65.4 cm³/mol. The molecule has 0 spiro atoms. The summed E-state index contributed by atoms with van der Waals surface area (Å²) in [4.78, 5) is 0. The molecule has 0 saturated carbocycles. The molecule has 4 nitrogen and oxygen atoms in total. The molecule has 1 saturated heterocycles. The number of aromatic nitrogens is 2. The fourth-order valence-electron chi connectivity index (χ4n) is 1.42. The Morgan fingerprint density at radius 3 is 2.06 bits per heavy atom. The van der Waals surface area contributed by atoms with Gasteiger partial charge in [-0.05, 0) is 55.8 Å². The number of nitrogens with zero attached hydrogens (tertiary/aromatic N) is 2. The van der Waals surface area contributed by atoms with Gasteiger partial charge in [0.15, 0.2) is 0 Å². The summed E-state index contributed by atoms with van der Waals surface area (Å²) >= 11 is 3.24. The second-order valence-electron chi connectivity index (χ2n) is 4.87. The highest BCUT2D eigenvalue weighted by Crippen LogP contribution is 2.36. The molecule has 0 atom stereocenters. The van der Waals surface area contributed by atoms with Crippen molar-refractivity contribution in [2.45, 2.75) is 38.9 Å². The SMILES string of the molecule is CC1(C)OB(c2ccc(Br)nn2)OC1(C)C. The van der Waals surface area contributed by atoms with Gasteiger partial charge in [-0.15, -0.1) is 5.10 Å². The Balaban J connectivity index is 2.23. The van der Waals surface area contributed by atoms with E-state index < -0.39 is 7.12 Å². The van der Waals surface area contributed by atoms with Gasteiger partial charge in [0.1, 0.15) is 4.60 Å². The van der Waals surface area contributed by atoms with Gasteiger partial charge in [0, 0.05) is 0 Å². The lowest BCUT2D eigenvalue weighted by molar-refractivity contribution is 0.00578. The molecule has 0 N–H and O–H groups in total. The number of rotatable bonds is 1. The van der Waals surface area contributed by atoms with Crippen molar-refractivity contribution in [3.8, 4) is 0 Å². The molecule has 1 aromatic rings. The van der Waals surface area contributed by atoms with E-state index in [1.165, 1.54) is 0 Å². The van der Waals surface area contributed by atoms with E-state index in [4.69, 9.17) is 9.31 Å². The van der Waals surface area contributed by atoms with Crippen LogP contribution >= 0.6 is 15.9 Å². The van der Waals surface area contributed by atoms with Crippen LogP contribution in [-0.4, -0.2) is 28.5 Å². The highest BCUT2D eigenvalue weighted by molar-refractivity contribution is 9.10. The molecule has 1 aliphatic heterocycles. The predicted octanol–water partition coefficient (Wildman–Crippen LogP) is 1.54. The van der Waals surface area contributed by atoms with Crippen LogP contribution in [0.3, 0.4) is 0 Å². The van der Waals surface area contributed by atoms with Crippen LogP contribution in [0.2, 0.25) is 0 Å². The van der Waals surface area contributed by atoms with Gasteiger partial charge in [-0.25, -0.2) is 0 Å². The van der Waals surface area contributed by atoms with Gasteiger partial charge in [-0.2, -0.15) is 5.10 Å². The van der Waals surface area contributed by atoms with Gasteiger partial charge in [-0.1, -0.05) is 0 Å². The molecular weight excluding hydrogens is 271 g/mol. The second kappa shape index (κ2) is 3.79. The molecular formula is C10H14BBrN2O2. The summed E-state index contributed by atoms with van der Waals surface area (Å²) in [6.45, 7) is 8.05. The van der Waals surface area contributed by atoms with Gasteiger partial charge in [0.05, 0.1) is 16.8 Å². The maximum Gasteiger partial charge on any atom is 0.516 e. The van der Waals surface area contributed by atoms with Crippen LogP contribution < -0.4 is 5.59 Å². The monoisotopic (exact) mass is 284 g/mol. The van der Waals surface area contributed by atoms with Crippen LogP contribution in [0.1, 0.15) is 27.7 Å². The summed E-state index contributed by atoms with van der Waals surface area (Å²) < 4.78 is 12.4. The molecule has 0 bridgehead atoms. The van der Waals surface area contributed by atoms with Gasteiger partial charge in [0.2, 0.25) is 0 Å². The third kappa shape index (κ3) is 2.01. The van der Waals surface area contributed by atoms with E-state index in [9.17, 15) is 0 Å². The normalized spacial score (nSPS) is 22.4. The van der Waals surface area contributed by atoms with Gasteiger partial charge < -0.3 is 9.31 Å². The van der Waals surface area contributed by atoms with Crippen molar-refractivity contribution >= 4 is 28.6 Å². The standard InChI is InChI=1S/C10H14BBrN2O2/c1-9(2)10(3,4)16-11(15-9)7-5-6-8(12)14-13-7/h5-6H,1-4H3. The first-order valence-electron chi connectivity index (χ1n) is 5.17. The summed E-state index contributed by atoms with van der Waals surface area (Å²) in [7, 11) is -0.439. The lowest BCUT2D eigenvalue weighted by atomic mass is 9.85. The van der Waals surface area contributed by atoms with Crippen molar-refractivity contribution in [2.24, 2.45) is 0 Å². The van der Waals surface area contributed by atoms with E-state index >= 15 is 0 Å². The van der Waals surface area contributed by atoms with Gasteiger partial charge >= 0.3 is 7.12 Å². The molecule has 1 aromatic heterocycles. The number of hydrogen-bond acceptors (Lipinski definition) is 4. The summed E-state index contributed by atoms with van der Waals surface area (Å²) in [5.74, 6) is 0. The minimum absolute atomic E-state index is 0.341. The van der Waals surface area contributed by atoms with E-state index in [2.05, 4.69) is 26.1 Å². The Hall–Kier alpha value is -0.455. The molecule has 16 heavy (non-hydrogen) atoms. The van der Waals surface area contributed by atoms with Crippen LogP contribution in [-0.2, 0) is 9.31 Å². The van der Waals surface area contributed by atoms with Gasteiger partial charge in [-0.3, -0.25) is 0 Å². The molecule has 0 amide bonds. The van der Waals surface area contributed by atoms with Crippen molar-refractivity contribution in [2.75, 3.05) is 0 Å². The maximum absolute atomic E-state index is 5.85. The van der Waals surface area contributed by atoms with Crippen LogP contribution in [0.5, 0.6) is 0 Å². The van der Waals surface area contributed by atoms with Crippen LogP contribution in [0.15, 0.2) is 16.7 Å². The first-order chi connectivity index (χ1) is 7.32. The molecule has 86 valence electrons. The minimum atomic E-state index is -0.439. The van der Waals surface area contributed by atoms with E-state index in [1.54, 1.807) is 0 Å². The maximum atomic E-state index is 5.85. The molecule has 0 aliphatic carbocycles. The molecule has 6 heteroatoms. The van der Waals surface area contributed by atoms with E-state index in [0.29, 0.717) is 10.2 Å². The Labute approximate surface area is 104 Å². The Morgan fingerprint density at radius 1 is 1.06 bits per heavy atom. The zero-order valence-corrected chi connectivity index (χ0v) is 11.4. The molecule has 1 fully saturated rings. The smallest absolute Gasteiger partial charge is 0.398 e. The van der Waals surface area contributed by atoms with E-state index in [0.717, 1.165) is 0 Å². The lowest BCUT2D eigenvalue weighted by Gasteiger charge is -2.32. The van der Waals surface area contributed by atoms with Crippen molar-refractivity contribution in [3.63, 3.8) is 0 Å². The summed E-state index contributed by atoms with van der Waals surface area (Å²) in [6.07, 6.45) is 0. The average Bonchev–Trinajstić information content (AvgIpc) is 2.37. The van der Waals surface area contributed by atoms with Crippen molar-refractivity contribution in [1.82, 2.24) is 10.2 Å². The summed E-state index contributed by atoms with van der Waals surface area (Å²) in [5, 5.41) is 7.97. The quantitative estimate of drug-likeness (QED) is 0.734. The topological polar surface area (TPSA) is 44.2 Å². The van der Waals surface area contributed by atoms with E-state index in [1.807, 2.05) is 39.8 Å². The Bertz CT molecular complexity index is 378. The summed E-state index contributed by atoms with van der Waals surface area (Å²) in [6, 6.07) is 3.67. The molecule has 0 aromatic carbocycles. The summed E-state index contributed by atoms with van der Waals surface area (Å²) in [5.41, 5.74) is 0.0145.